The first kappa shape index (κ1) is 12.9. The van der Waals surface area contributed by atoms with Crippen LogP contribution >= 0.6 is 0 Å². The number of fused-ring (bicyclic) bond motifs is 1. The SMILES string of the molecule is COc1cc2c(cc1C(N)CCC(=O)O)COC2. The number of aliphatic carboxylic acids is 1. The molecule has 3 N–H and O–H groups in total. The maximum Gasteiger partial charge on any atom is 0.303 e. The third kappa shape index (κ3) is 2.63. The van der Waals surface area contributed by atoms with Crippen molar-refractivity contribution in [3.8, 4) is 5.75 Å². The van der Waals surface area contributed by atoms with E-state index in [0.29, 0.717) is 25.4 Å². The maximum atomic E-state index is 10.6. The minimum absolute atomic E-state index is 0.0535. The van der Waals surface area contributed by atoms with E-state index in [2.05, 4.69) is 0 Å². The highest BCUT2D eigenvalue weighted by molar-refractivity contribution is 5.66. The molecular formula is C13H17NO4. The van der Waals surface area contributed by atoms with E-state index in [1.54, 1.807) is 7.11 Å². The molecule has 2 rings (SSSR count). The summed E-state index contributed by atoms with van der Waals surface area (Å²) < 4.78 is 10.7. The molecule has 5 nitrogen and oxygen atoms in total. The monoisotopic (exact) mass is 251 g/mol. The van der Waals surface area contributed by atoms with E-state index in [1.165, 1.54) is 0 Å². The fourth-order valence-electron chi connectivity index (χ4n) is 2.13. The Morgan fingerprint density at radius 1 is 1.50 bits per heavy atom. The summed E-state index contributed by atoms with van der Waals surface area (Å²) in [5.74, 6) is -0.133. The Morgan fingerprint density at radius 3 is 2.78 bits per heavy atom. The van der Waals surface area contributed by atoms with Crippen LogP contribution in [0.4, 0.5) is 0 Å². The van der Waals surface area contributed by atoms with Crippen LogP contribution in [0.3, 0.4) is 0 Å². The predicted molar refractivity (Wildman–Crippen MR) is 65.3 cm³/mol. The number of nitrogens with two attached hydrogens (primary N) is 1. The van der Waals surface area contributed by atoms with E-state index in [-0.39, 0.29) is 12.5 Å². The number of methoxy groups -OCH3 is 1. The lowest BCUT2D eigenvalue weighted by molar-refractivity contribution is -0.137. The number of hydrogen-bond acceptors (Lipinski definition) is 4. The average molecular weight is 251 g/mol. The Hall–Kier alpha value is -1.59. The molecule has 0 aliphatic carbocycles. The molecular weight excluding hydrogens is 234 g/mol. The molecule has 0 saturated carbocycles. The van der Waals surface area contributed by atoms with Crippen LogP contribution in [0, 0.1) is 0 Å². The summed E-state index contributed by atoms with van der Waals surface area (Å²) in [5, 5.41) is 8.68. The number of benzene rings is 1. The molecule has 1 aliphatic heterocycles. The van der Waals surface area contributed by atoms with E-state index in [0.717, 1.165) is 16.7 Å². The van der Waals surface area contributed by atoms with Crippen molar-refractivity contribution in [2.45, 2.75) is 32.1 Å². The largest absolute Gasteiger partial charge is 0.496 e. The van der Waals surface area contributed by atoms with Gasteiger partial charge in [0.05, 0.1) is 20.3 Å². The van der Waals surface area contributed by atoms with Crippen LogP contribution in [0.2, 0.25) is 0 Å². The number of carboxylic acids is 1. The molecule has 0 spiro atoms. The summed E-state index contributed by atoms with van der Waals surface area (Å²) >= 11 is 0. The van der Waals surface area contributed by atoms with Gasteiger partial charge in [-0.2, -0.15) is 0 Å². The fourth-order valence-corrected chi connectivity index (χ4v) is 2.13. The van der Waals surface area contributed by atoms with Gasteiger partial charge in [-0.1, -0.05) is 0 Å². The molecule has 0 fully saturated rings. The maximum absolute atomic E-state index is 10.6. The third-order valence-corrected chi connectivity index (χ3v) is 3.14. The topological polar surface area (TPSA) is 81.8 Å². The number of ether oxygens (including phenoxy) is 2. The first-order valence-electron chi connectivity index (χ1n) is 5.86. The molecule has 5 heteroatoms. The minimum atomic E-state index is -0.839. The quantitative estimate of drug-likeness (QED) is 0.830. The average Bonchev–Trinajstić information content (AvgIpc) is 2.81. The van der Waals surface area contributed by atoms with Crippen molar-refractivity contribution in [3.05, 3.63) is 28.8 Å². The van der Waals surface area contributed by atoms with Crippen molar-refractivity contribution in [2.75, 3.05) is 7.11 Å². The standard InChI is InChI=1S/C13H17NO4/c1-17-12-5-9-7-18-6-8(9)4-10(12)11(14)2-3-13(15)16/h4-5,11H,2-3,6-7,14H2,1H3,(H,15,16). The van der Waals surface area contributed by atoms with Gasteiger partial charge in [0.2, 0.25) is 0 Å². The van der Waals surface area contributed by atoms with Gasteiger partial charge in [-0.05, 0) is 29.7 Å². The van der Waals surface area contributed by atoms with E-state index < -0.39 is 5.97 Å². The van der Waals surface area contributed by atoms with Crippen LogP contribution in [-0.4, -0.2) is 18.2 Å². The van der Waals surface area contributed by atoms with Crippen molar-refractivity contribution in [2.24, 2.45) is 5.73 Å². The van der Waals surface area contributed by atoms with Crippen molar-refractivity contribution >= 4 is 5.97 Å². The van der Waals surface area contributed by atoms with Crippen LogP contribution in [0.25, 0.3) is 0 Å². The number of rotatable bonds is 5. The first-order chi connectivity index (χ1) is 8.61. The van der Waals surface area contributed by atoms with Crippen LogP contribution in [0.1, 0.15) is 35.6 Å². The van der Waals surface area contributed by atoms with Crippen molar-refractivity contribution in [1.82, 2.24) is 0 Å². The molecule has 1 aromatic rings. The molecule has 0 bridgehead atoms. The van der Waals surface area contributed by atoms with Gasteiger partial charge in [0.15, 0.2) is 0 Å². The Morgan fingerprint density at radius 2 is 2.17 bits per heavy atom. The second-order valence-corrected chi connectivity index (χ2v) is 4.39. The molecule has 0 saturated heterocycles. The Bertz CT molecular complexity index is 459. The van der Waals surface area contributed by atoms with Gasteiger partial charge in [-0.15, -0.1) is 0 Å². The summed E-state index contributed by atoms with van der Waals surface area (Å²) in [6.07, 6.45) is 0.448. The van der Waals surface area contributed by atoms with Crippen LogP contribution in [0.5, 0.6) is 5.75 Å². The Balaban J connectivity index is 2.23. The fraction of sp³-hybridized carbons (Fsp3) is 0.462. The lowest BCUT2D eigenvalue weighted by Gasteiger charge is -2.16. The third-order valence-electron chi connectivity index (χ3n) is 3.14. The first-order valence-corrected chi connectivity index (χ1v) is 5.86. The van der Waals surface area contributed by atoms with Gasteiger partial charge in [0.1, 0.15) is 5.75 Å². The van der Waals surface area contributed by atoms with Gasteiger partial charge in [-0.3, -0.25) is 4.79 Å². The van der Waals surface area contributed by atoms with Crippen molar-refractivity contribution in [1.29, 1.82) is 0 Å². The van der Waals surface area contributed by atoms with Crippen LogP contribution < -0.4 is 10.5 Å². The molecule has 1 aliphatic rings. The van der Waals surface area contributed by atoms with E-state index in [4.69, 9.17) is 20.3 Å². The van der Waals surface area contributed by atoms with Gasteiger partial charge in [0, 0.05) is 18.0 Å². The predicted octanol–water partition coefficient (Wildman–Crippen LogP) is 1.59. The van der Waals surface area contributed by atoms with Gasteiger partial charge < -0.3 is 20.3 Å². The van der Waals surface area contributed by atoms with Crippen LogP contribution in [0.15, 0.2) is 12.1 Å². The smallest absolute Gasteiger partial charge is 0.303 e. The molecule has 1 unspecified atom stereocenters. The van der Waals surface area contributed by atoms with E-state index >= 15 is 0 Å². The zero-order valence-electron chi connectivity index (χ0n) is 10.3. The van der Waals surface area contributed by atoms with Gasteiger partial charge in [0.25, 0.3) is 0 Å². The lowest BCUT2D eigenvalue weighted by Crippen LogP contribution is -2.14. The van der Waals surface area contributed by atoms with Gasteiger partial charge >= 0.3 is 5.97 Å². The molecule has 0 radical (unpaired) electrons. The second kappa shape index (κ2) is 5.37. The summed E-state index contributed by atoms with van der Waals surface area (Å²) in [4.78, 5) is 10.6. The normalized spacial score (nSPS) is 15.2. The molecule has 1 heterocycles. The second-order valence-electron chi connectivity index (χ2n) is 4.39. The Labute approximate surface area is 106 Å². The molecule has 1 atom stereocenters. The van der Waals surface area contributed by atoms with Gasteiger partial charge in [-0.25, -0.2) is 0 Å². The number of carboxylic acid groups (broad SMARTS) is 1. The van der Waals surface area contributed by atoms with Crippen molar-refractivity contribution < 1.29 is 19.4 Å². The molecule has 98 valence electrons. The number of hydrogen-bond donors (Lipinski definition) is 2. The lowest BCUT2D eigenvalue weighted by atomic mass is 9.97. The summed E-state index contributed by atoms with van der Waals surface area (Å²) in [6.45, 7) is 1.17. The summed E-state index contributed by atoms with van der Waals surface area (Å²) in [7, 11) is 1.59. The van der Waals surface area contributed by atoms with E-state index in [1.807, 2.05) is 12.1 Å². The Kier molecular flexibility index (Phi) is 3.84. The summed E-state index contributed by atoms with van der Waals surface area (Å²) in [5.41, 5.74) is 9.10. The van der Waals surface area contributed by atoms with Crippen molar-refractivity contribution in [3.63, 3.8) is 0 Å². The van der Waals surface area contributed by atoms with Crippen LogP contribution in [-0.2, 0) is 22.7 Å². The molecule has 18 heavy (non-hydrogen) atoms. The molecule has 0 amide bonds. The molecule has 1 aromatic carbocycles. The zero-order chi connectivity index (χ0) is 13.1. The zero-order valence-corrected chi connectivity index (χ0v) is 10.3. The van der Waals surface area contributed by atoms with E-state index in [9.17, 15) is 4.79 Å². The summed E-state index contributed by atoms with van der Waals surface area (Å²) in [6, 6.07) is 3.56. The molecule has 0 aromatic heterocycles. The highest BCUT2D eigenvalue weighted by atomic mass is 16.5. The minimum Gasteiger partial charge on any atom is -0.496 e. The highest BCUT2D eigenvalue weighted by Gasteiger charge is 2.19. The number of carbonyl (C=O) groups is 1. The highest BCUT2D eigenvalue weighted by Crippen LogP contribution is 2.33.